The molecule has 118 valence electrons. The largest absolute Gasteiger partial charge is 0.385 e. The molecule has 2 N–H and O–H groups in total. The molecule has 0 amide bonds. The second kappa shape index (κ2) is 7.70. The Morgan fingerprint density at radius 3 is 2.80 bits per heavy atom. The van der Waals surface area contributed by atoms with Crippen molar-refractivity contribution in [2.24, 2.45) is 5.92 Å². The molecule has 0 spiro atoms. The summed E-state index contributed by atoms with van der Waals surface area (Å²) in [5.41, 5.74) is 0. The van der Waals surface area contributed by atoms with Gasteiger partial charge in [0.25, 0.3) is 10.2 Å². The fourth-order valence-corrected chi connectivity index (χ4v) is 3.90. The molecule has 6 nitrogen and oxygen atoms in total. The monoisotopic (exact) mass is 305 g/mol. The molecular weight excluding hydrogens is 278 g/mol. The second-order valence-electron chi connectivity index (χ2n) is 5.79. The number of nitrogens with one attached hydrogen (secondary N) is 2. The van der Waals surface area contributed by atoms with Crippen molar-refractivity contribution in [1.82, 2.24) is 14.3 Å². The molecule has 1 saturated heterocycles. The molecule has 2 fully saturated rings. The maximum Gasteiger partial charge on any atom is 0.279 e. The second-order valence-corrected chi connectivity index (χ2v) is 7.55. The van der Waals surface area contributed by atoms with Gasteiger partial charge < -0.3 is 10.1 Å². The summed E-state index contributed by atoms with van der Waals surface area (Å²) in [5.74, 6) is 0.444. The van der Waals surface area contributed by atoms with Gasteiger partial charge in [0.05, 0.1) is 0 Å². The van der Waals surface area contributed by atoms with Gasteiger partial charge in [-0.2, -0.15) is 12.7 Å². The van der Waals surface area contributed by atoms with Crippen molar-refractivity contribution in [3.8, 4) is 0 Å². The number of ether oxygens (including phenoxy) is 1. The molecule has 0 radical (unpaired) electrons. The van der Waals surface area contributed by atoms with E-state index >= 15 is 0 Å². The van der Waals surface area contributed by atoms with Crippen molar-refractivity contribution < 1.29 is 13.2 Å². The number of nitrogens with zero attached hydrogens (tertiary/aromatic N) is 1. The minimum atomic E-state index is -3.32. The summed E-state index contributed by atoms with van der Waals surface area (Å²) < 4.78 is 33.6. The quantitative estimate of drug-likeness (QED) is 0.602. The van der Waals surface area contributed by atoms with Gasteiger partial charge in [-0.25, -0.2) is 4.72 Å². The molecule has 0 aromatic heterocycles. The molecule has 1 aliphatic carbocycles. The van der Waals surface area contributed by atoms with Crippen LogP contribution in [-0.2, 0) is 14.9 Å². The Morgan fingerprint density at radius 2 is 2.10 bits per heavy atom. The normalized spacial score (nSPS) is 24.9. The van der Waals surface area contributed by atoms with Crippen molar-refractivity contribution >= 4 is 10.2 Å². The van der Waals surface area contributed by atoms with Crippen LogP contribution in [0.2, 0.25) is 0 Å². The molecule has 20 heavy (non-hydrogen) atoms. The van der Waals surface area contributed by atoms with Crippen LogP contribution in [0.15, 0.2) is 0 Å². The summed E-state index contributed by atoms with van der Waals surface area (Å²) in [6, 6.07) is 0.689. The van der Waals surface area contributed by atoms with E-state index in [1.54, 1.807) is 11.4 Å². The van der Waals surface area contributed by atoms with Crippen LogP contribution in [-0.4, -0.2) is 58.7 Å². The van der Waals surface area contributed by atoms with Crippen LogP contribution in [0.5, 0.6) is 0 Å². The SMILES string of the molecule is COCCCNS(=O)(=O)N1CCCC(CNC2CC2)C1. The molecule has 1 heterocycles. The van der Waals surface area contributed by atoms with Crippen LogP contribution >= 0.6 is 0 Å². The fraction of sp³-hybridized carbons (Fsp3) is 1.00. The first-order valence-corrected chi connectivity index (χ1v) is 9.03. The van der Waals surface area contributed by atoms with E-state index in [1.165, 1.54) is 12.8 Å². The van der Waals surface area contributed by atoms with E-state index in [0.717, 1.165) is 19.4 Å². The lowest BCUT2D eigenvalue weighted by Gasteiger charge is -2.32. The fourth-order valence-electron chi connectivity index (χ4n) is 2.54. The first-order valence-electron chi connectivity index (χ1n) is 7.59. The van der Waals surface area contributed by atoms with Crippen molar-refractivity contribution in [2.75, 3.05) is 39.9 Å². The number of methoxy groups -OCH3 is 1. The molecular formula is C13H27N3O3S. The molecule has 1 unspecified atom stereocenters. The molecule has 0 aromatic rings. The third kappa shape index (κ3) is 5.29. The van der Waals surface area contributed by atoms with Gasteiger partial charge in [-0.15, -0.1) is 0 Å². The summed E-state index contributed by atoms with van der Waals surface area (Å²) in [5, 5.41) is 3.50. The zero-order valence-corrected chi connectivity index (χ0v) is 13.1. The van der Waals surface area contributed by atoms with Crippen molar-refractivity contribution in [3.63, 3.8) is 0 Å². The zero-order valence-electron chi connectivity index (χ0n) is 12.3. The molecule has 2 aliphatic rings. The Hall–Kier alpha value is -0.210. The van der Waals surface area contributed by atoms with E-state index in [-0.39, 0.29) is 0 Å². The topological polar surface area (TPSA) is 70.7 Å². The van der Waals surface area contributed by atoms with Crippen molar-refractivity contribution in [2.45, 2.75) is 38.1 Å². The Labute approximate surface area is 122 Å². The van der Waals surface area contributed by atoms with E-state index in [9.17, 15) is 8.42 Å². The molecule has 2 rings (SSSR count). The van der Waals surface area contributed by atoms with Gasteiger partial charge in [-0.3, -0.25) is 0 Å². The minimum absolute atomic E-state index is 0.442. The minimum Gasteiger partial charge on any atom is -0.385 e. The van der Waals surface area contributed by atoms with Gasteiger partial charge in [0, 0.05) is 39.4 Å². The predicted octanol–water partition coefficient (Wildman–Crippen LogP) is 0.321. The van der Waals surface area contributed by atoms with Gasteiger partial charge in [0.1, 0.15) is 0 Å². The third-order valence-corrected chi connectivity index (χ3v) is 5.48. The lowest BCUT2D eigenvalue weighted by Crippen LogP contribution is -2.48. The Kier molecular flexibility index (Phi) is 6.22. The van der Waals surface area contributed by atoms with Gasteiger partial charge in [-0.05, 0) is 44.6 Å². The van der Waals surface area contributed by atoms with Gasteiger partial charge >= 0.3 is 0 Å². The summed E-state index contributed by atoms with van der Waals surface area (Å²) in [6.07, 6.45) is 5.33. The van der Waals surface area contributed by atoms with Crippen molar-refractivity contribution in [3.05, 3.63) is 0 Å². The number of hydrogen-bond acceptors (Lipinski definition) is 4. The number of rotatable bonds is 9. The molecule has 7 heteroatoms. The maximum absolute atomic E-state index is 12.2. The van der Waals surface area contributed by atoms with E-state index < -0.39 is 10.2 Å². The lowest BCUT2D eigenvalue weighted by molar-refractivity contribution is 0.195. The lowest BCUT2D eigenvalue weighted by atomic mass is 10.00. The zero-order chi connectivity index (χ0) is 14.4. The van der Waals surface area contributed by atoms with Gasteiger partial charge in [0.2, 0.25) is 0 Å². The van der Waals surface area contributed by atoms with E-state index in [2.05, 4.69) is 10.0 Å². The van der Waals surface area contributed by atoms with Crippen LogP contribution < -0.4 is 10.0 Å². The first-order chi connectivity index (χ1) is 9.62. The van der Waals surface area contributed by atoms with Crippen LogP contribution in [0.25, 0.3) is 0 Å². The van der Waals surface area contributed by atoms with Crippen molar-refractivity contribution in [1.29, 1.82) is 0 Å². The molecule has 1 atom stereocenters. The van der Waals surface area contributed by atoms with Crippen LogP contribution in [0.4, 0.5) is 0 Å². The highest BCUT2D eigenvalue weighted by atomic mass is 32.2. The Bertz CT molecular complexity index is 384. The predicted molar refractivity (Wildman–Crippen MR) is 78.7 cm³/mol. The third-order valence-electron chi connectivity index (χ3n) is 3.90. The highest BCUT2D eigenvalue weighted by Gasteiger charge is 2.29. The average molecular weight is 305 g/mol. The van der Waals surface area contributed by atoms with E-state index in [1.807, 2.05) is 0 Å². The van der Waals surface area contributed by atoms with Crippen LogP contribution in [0.3, 0.4) is 0 Å². The van der Waals surface area contributed by atoms with E-state index in [0.29, 0.717) is 44.6 Å². The summed E-state index contributed by atoms with van der Waals surface area (Å²) in [6.45, 7) is 3.24. The average Bonchev–Trinajstić information content (AvgIpc) is 3.26. The van der Waals surface area contributed by atoms with Gasteiger partial charge in [0.15, 0.2) is 0 Å². The van der Waals surface area contributed by atoms with Gasteiger partial charge in [-0.1, -0.05) is 0 Å². The summed E-state index contributed by atoms with van der Waals surface area (Å²) in [7, 11) is -1.70. The highest BCUT2D eigenvalue weighted by Crippen LogP contribution is 2.22. The van der Waals surface area contributed by atoms with Crippen LogP contribution in [0, 0.1) is 5.92 Å². The molecule has 1 saturated carbocycles. The standard InChI is InChI=1S/C13H27N3O3S/c1-19-9-3-7-15-20(17,18)16-8-2-4-12(11-16)10-14-13-5-6-13/h12-15H,2-11H2,1H3. The first kappa shape index (κ1) is 16.2. The number of hydrogen-bond donors (Lipinski definition) is 2. The molecule has 0 aromatic carbocycles. The van der Waals surface area contributed by atoms with E-state index in [4.69, 9.17) is 4.74 Å². The molecule has 1 aliphatic heterocycles. The summed E-state index contributed by atoms with van der Waals surface area (Å²) >= 11 is 0. The molecule has 0 bridgehead atoms. The number of piperidine rings is 1. The summed E-state index contributed by atoms with van der Waals surface area (Å²) in [4.78, 5) is 0. The Balaban J connectivity index is 1.74. The maximum atomic E-state index is 12.2. The van der Waals surface area contributed by atoms with Crippen LogP contribution in [0.1, 0.15) is 32.1 Å². The highest BCUT2D eigenvalue weighted by molar-refractivity contribution is 7.87. The Morgan fingerprint density at radius 1 is 1.30 bits per heavy atom. The smallest absolute Gasteiger partial charge is 0.279 e.